The molecule has 2 aromatic carbocycles. The fourth-order valence-corrected chi connectivity index (χ4v) is 3.65. The van der Waals surface area contributed by atoms with E-state index in [1.165, 1.54) is 11.8 Å². The first-order valence-corrected chi connectivity index (χ1v) is 9.49. The topological polar surface area (TPSA) is 49.9 Å². The van der Waals surface area contributed by atoms with Gasteiger partial charge in [0.1, 0.15) is 18.9 Å². The zero-order valence-corrected chi connectivity index (χ0v) is 15.8. The van der Waals surface area contributed by atoms with Crippen molar-refractivity contribution in [2.45, 2.75) is 11.8 Å². The second-order valence-corrected chi connectivity index (χ2v) is 7.18. The number of anilines is 1. The van der Waals surface area contributed by atoms with Crippen molar-refractivity contribution in [3.8, 4) is 5.75 Å². The Morgan fingerprint density at radius 1 is 1.19 bits per heavy atom. The molecule has 1 aliphatic heterocycles. The highest BCUT2D eigenvalue weighted by Crippen LogP contribution is 2.34. The molecule has 3 rings (SSSR count). The number of thioether (sulfide) groups is 1. The van der Waals surface area contributed by atoms with Gasteiger partial charge >= 0.3 is 0 Å². The average Bonchev–Trinajstić information content (AvgIpc) is 2.65. The van der Waals surface area contributed by atoms with E-state index in [1.807, 2.05) is 55.5 Å². The highest BCUT2D eigenvalue weighted by Gasteiger charge is 2.27. The summed E-state index contributed by atoms with van der Waals surface area (Å²) in [5.41, 5.74) is 1.88. The second kappa shape index (κ2) is 8.27. The number of nitrogens with zero attached hydrogens (tertiary/aromatic N) is 2. The number of ether oxygens (including phenoxy) is 1. The molecule has 0 saturated carbocycles. The maximum atomic E-state index is 12.5. The van der Waals surface area contributed by atoms with E-state index in [0.717, 1.165) is 21.9 Å². The summed E-state index contributed by atoms with van der Waals surface area (Å²) in [6, 6.07) is 15.5. The van der Waals surface area contributed by atoms with E-state index in [2.05, 4.69) is 0 Å². The molecule has 0 aromatic heterocycles. The SMILES string of the molecule is Cc1ccccc1OCCN(C)C(=O)CN1C(=O)CSc2ccccc21. The van der Waals surface area contributed by atoms with Crippen molar-refractivity contribution in [1.82, 2.24) is 4.90 Å². The van der Waals surface area contributed by atoms with Gasteiger partial charge in [-0.25, -0.2) is 0 Å². The smallest absolute Gasteiger partial charge is 0.242 e. The van der Waals surface area contributed by atoms with Crippen molar-refractivity contribution >= 4 is 29.3 Å². The Labute approximate surface area is 157 Å². The summed E-state index contributed by atoms with van der Waals surface area (Å²) in [6.45, 7) is 2.91. The van der Waals surface area contributed by atoms with E-state index in [0.29, 0.717) is 18.9 Å². The number of amides is 2. The molecule has 0 N–H and O–H groups in total. The fraction of sp³-hybridized carbons (Fsp3) is 0.300. The number of benzene rings is 2. The zero-order chi connectivity index (χ0) is 18.5. The first kappa shape index (κ1) is 18.3. The van der Waals surface area contributed by atoms with Crippen molar-refractivity contribution in [3.05, 3.63) is 54.1 Å². The van der Waals surface area contributed by atoms with E-state index in [4.69, 9.17) is 4.74 Å². The van der Waals surface area contributed by atoms with Crippen LogP contribution in [0.5, 0.6) is 5.75 Å². The van der Waals surface area contributed by atoms with Crippen molar-refractivity contribution in [1.29, 1.82) is 0 Å². The number of fused-ring (bicyclic) bond motifs is 1. The van der Waals surface area contributed by atoms with Crippen molar-refractivity contribution in [3.63, 3.8) is 0 Å². The molecule has 6 heteroatoms. The normalized spacial score (nSPS) is 13.3. The molecular weight excluding hydrogens is 348 g/mol. The van der Waals surface area contributed by atoms with Crippen LogP contribution in [-0.4, -0.2) is 49.2 Å². The summed E-state index contributed by atoms with van der Waals surface area (Å²) in [7, 11) is 1.73. The van der Waals surface area contributed by atoms with Gasteiger partial charge in [0.25, 0.3) is 0 Å². The van der Waals surface area contributed by atoms with Crippen molar-refractivity contribution in [2.24, 2.45) is 0 Å². The third-order valence-electron chi connectivity index (χ3n) is 4.31. The highest BCUT2D eigenvalue weighted by atomic mass is 32.2. The summed E-state index contributed by atoms with van der Waals surface area (Å²) >= 11 is 1.51. The van der Waals surface area contributed by atoms with Gasteiger partial charge < -0.3 is 14.5 Å². The molecule has 1 heterocycles. The molecule has 0 fully saturated rings. The zero-order valence-electron chi connectivity index (χ0n) is 15.0. The molecular formula is C20H22N2O3S. The summed E-state index contributed by atoms with van der Waals surface area (Å²) in [6.07, 6.45) is 0. The minimum atomic E-state index is -0.103. The molecule has 1 aliphatic rings. The third-order valence-corrected chi connectivity index (χ3v) is 5.35. The van der Waals surface area contributed by atoms with Crippen LogP contribution in [0.2, 0.25) is 0 Å². The van der Waals surface area contributed by atoms with Crippen molar-refractivity contribution < 1.29 is 14.3 Å². The standard InChI is InChI=1S/C20H22N2O3S/c1-15-7-3-5-9-17(15)25-12-11-21(2)19(23)13-22-16-8-4-6-10-18(16)26-14-20(22)24/h3-10H,11-14H2,1-2H3. The van der Waals surface area contributed by atoms with Gasteiger partial charge in [0.2, 0.25) is 11.8 Å². The number of rotatable bonds is 6. The summed E-state index contributed by atoms with van der Waals surface area (Å²) in [4.78, 5) is 29.0. The largest absolute Gasteiger partial charge is 0.491 e. The molecule has 2 amide bonds. The quantitative estimate of drug-likeness (QED) is 0.784. The number of hydrogen-bond donors (Lipinski definition) is 0. The molecule has 5 nitrogen and oxygen atoms in total. The van der Waals surface area contributed by atoms with Crippen LogP contribution in [0.4, 0.5) is 5.69 Å². The molecule has 0 atom stereocenters. The van der Waals surface area contributed by atoms with Crippen LogP contribution in [0.3, 0.4) is 0 Å². The van der Waals surface area contributed by atoms with E-state index in [9.17, 15) is 9.59 Å². The van der Waals surface area contributed by atoms with Gasteiger partial charge in [-0.05, 0) is 30.7 Å². The number of para-hydroxylation sites is 2. The van der Waals surface area contributed by atoms with Crippen LogP contribution in [-0.2, 0) is 9.59 Å². The molecule has 0 radical (unpaired) electrons. The number of carbonyl (C=O) groups excluding carboxylic acids is 2. The lowest BCUT2D eigenvalue weighted by molar-refractivity contribution is -0.130. The Hall–Kier alpha value is -2.47. The van der Waals surface area contributed by atoms with E-state index >= 15 is 0 Å². The van der Waals surface area contributed by atoms with E-state index in [1.54, 1.807) is 16.8 Å². The van der Waals surface area contributed by atoms with Gasteiger partial charge in [-0.2, -0.15) is 0 Å². The van der Waals surface area contributed by atoms with Crippen LogP contribution in [0.1, 0.15) is 5.56 Å². The number of likely N-dealkylation sites (N-methyl/N-ethyl adjacent to an activating group) is 1. The molecule has 2 aromatic rings. The fourth-order valence-electron chi connectivity index (χ4n) is 2.72. The Kier molecular flexibility index (Phi) is 5.83. The third kappa shape index (κ3) is 4.19. The second-order valence-electron chi connectivity index (χ2n) is 6.17. The van der Waals surface area contributed by atoms with Crippen LogP contribution in [0, 0.1) is 6.92 Å². The van der Waals surface area contributed by atoms with Gasteiger partial charge in [0.15, 0.2) is 0 Å². The van der Waals surface area contributed by atoms with Crippen molar-refractivity contribution in [2.75, 3.05) is 37.4 Å². The lowest BCUT2D eigenvalue weighted by Gasteiger charge is -2.30. The van der Waals surface area contributed by atoms with E-state index < -0.39 is 0 Å². The lowest BCUT2D eigenvalue weighted by atomic mass is 10.2. The van der Waals surface area contributed by atoms with Gasteiger partial charge in [0.05, 0.1) is 18.0 Å². The van der Waals surface area contributed by atoms with Crippen LogP contribution < -0.4 is 9.64 Å². The summed E-state index contributed by atoms with van der Waals surface area (Å²) < 4.78 is 5.75. The maximum absolute atomic E-state index is 12.5. The Morgan fingerprint density at radius 2 is 1.92 bits per heavy atom. The minimum Gasteiger partial charge on any atom is -0.491 e. The molecule has 0 bridgehead atoms. The first-order valence-electron chi connectivity index (χ1n) is 8.51. The molecule has 0 aliphatic carbocycles. The Balaban J connectivity index is 1.56. The highest BCUT2D eigenvalue weighted by molar-refractivity contribution is 8.00. The monoisotopic (exact) mass is 370 g/mol. The van der Waals surface area contributed by atoms with Gasteiger partial charge in [-0.1, -0.05) is 30.3 Å². The number of hydrogen-bond acceptors (Lipinski definition) is 4. The first-order chi connectivity index (χ1) is 12.6. The van der Waals surface area contributed by atoms with Crippen LogP contribution in [0.25, 0.3) is 0 Å². The minimum absolute atomic E-state index is 0.0355. The molecule has 0 saturated heterocycles. The Morgan fingerprint density at radius 3 is 2.73 bits per heavy atom. The number of aryl methyl sites for hydroxylation is 1. The van der Waals surface area contributed by atoms with E-state index in [-0.39, 0.29) is 18.4 Å². The lowest BCUT2D eigenvalue weighted by Crippen LogP contribution is -2.44. The molecule has 26 heavy (non-hydrogen) atoms. The maximum Gasteiger partial charge on any atom is 0.242 e. The molecule has 136 valence electrons. The predicted molar refractivity (Wildman–Crippen MR) is 104 cm³/mol. The van der Waals surface area contributed by atoms with Crippen LogP contribution >= 0.6 is 11.8 Å². The Bertz CT molecular complexity index is 809. The van der Waals surface area contributed by atoms with Gasteiger partial charge in [-0.3, -0.25) is 9.59 Å². The summed E-state index contributed by atoms with van der Waals surface area (Å²) in [5, 5.41) is 0. The summed E-state index contributed by atoms with van der Waals surface area (Å²) in [5.74, 6) is 1.05. The molecule has 0 spiro atoms. The van der Waals surface area contributed by atoms with Gasteiger partial charge in [0, 0.05) is 11.9 Å². The number of carbonyl (C=O) groups is 2. The van der Waals surface area contributed by atoms with Crippen LogP contribution in [0.15, 0.2) is 53.4 Å². The average molecular weight is 370 g/mol. The van der Waals surface area contributed by atoms with Gasteiger partial charge in [-0.15, -0.1) is 11.8 Å². The molecule has 0 unspecified atom stereocenters. The predicted octanol–water partition coefficient (Wildman–Crippen LogP) is 2.97.